The topological polar surface area (TPSA) is 183 Å². The number of halogens is 2. The first kappa shape index (κ1) is 34.6. The van der Waals surface area contributed by atoms with Crippen molar-refractivity contribution in [2.75, 3.05) is 25.9 Å². The number of nitrogens with two attached hydrogens (primary N) is 2. The fourth-order valence-electron chi connectivity index (χ4n) is 3.09. The van der Waals surface area contributed by atoms with Gasteiger partial charge in [0.1, 0.15) is 16.4 Å². The lowest BCUT2D eigenvalue weighted by molar-refractivity contribution is 0.100. The van der Waals surface area contributed by atoms with Gasteiger partial charge in [-0.15, -0.1) is 24.8 Å². The lowest BCUT2D eigenvalue weighted by Crippen LogP contribution is -2.24. The highest BCUT2D eigenvalue weighted by Crippen LogP contribution is 2.30. The van der Waals surface area contributed by atoms with Crippen LogP contribution in [0.5, 0.6) is 11.5 Å². The number of benzene rings is 2. The zero-order valence-corrected chi connectivity index (χ0v) is 23.7. The van der Waals surface area contributed by atoms with Gasteiger partial charge < -0.3 is 21.5 Å². The standard InChI is InChI=1S/C17H20N4O6S2.C5H11N.2ClH/c1-3-20-29(25,26)13-7-5-12(6-8-13)27-14-9-4-11(16(22)21-17(18)19)10-15(14)28(2,23)24;1-2-4-6-5-3-1;;/h4-10,20H,3H2,1-2H3,(H4,18,19,21,22);6H,1-5H2;2*1H. The molecule has 37 heavy (non-hydrogen) atoms. The number of nitrogens with one attached hydrogen (secondary N) is 2. The van der Waals surface area contributed by atoms with Crippen molar-refractivity contribution in [1.82, 2.24) is 10.0 Å². The van der Waals surface area contributed by atoms with Gasteiger partial charge in [-0.1, -0.05) is 13.3 Å². The number of rotatable bonds is 7. The third-order valence-corrected chi connectivity index (χ3v) is 7.40. The lowest BCUT2D eigenvalue weighted by atomic mass is 10.2. The summed E-state index contributed by atoms with van der Waals surface area (Å²) >= 11 is 0. The van der Waals surface area contributed by atoms with Crippen LogP contribution in [0.1, 0.15) is 36.5 Å². The van der Waals surface area contributed by atoms with E-state index in [4.69, 9.17) is 16.2 Å². The zero-order valence-electron chi connectivity index (χ0n) is 20.5. The number of sulfone groups is 1. The molecule has 11 nitrogen and oxygen atoms in total. The average Bonchev–Trinajstić information content (AvgIpc) is 2.80. The second kappa shape index (κ2) is 15.7. The summed E-state index contributed by atoms with van der Waals surface area (Å²) in [4.78, 5) is 15.1. The number of guanidine groups is 1. The van der Waals surface area contributed by atoms with Crippen molar-refractivity contribution >= 4 is 56.5 Å². The van der Waals surface area contributed by atoms with E-state index in [0.29, 0.717) is 0 Å². The van der Waals surface area contributed by atoms with Gasteiger partial charge in [0, 0.05) is 18.4 Å². The van der Waals surface area contributed by atoms with Crippen LogP contribution in [-0.2, 0) is 19.9 Å². The number of hydrogen-bond donors (Lipinski definition) is 4. The largest absolute Gasteiger partial charge is 0.456 e. The van der Waals surface area contributed by atoms with Crippen molar-refractivity contribution in [2.45, 2.75) is 36.0 Å². The lowest BCUT2D eigenvalue weighted by Gasteiger charge is -2.12. The molecule has 1 fully saturated rings. The Bertz CT molecular complexity index is 1250. The fraction of sp³-hybridized carbons (Fsp3) is 0.364. The molecule has 3 rings (SSSR count). The summed E-state index contributed by atoms with van der Waals surface area (Å²) in [6.45, 7) is 4.40. The third kappa shape index (κ3) is 11.2. The molecule has 0 atom stereocenters. The smallest absolute Gasteiger partial charge is 0.280 e. The molecule has 0 bridgehead atoms. The van der Waals surface area contributed by atoms with Crippen molar-refractivity contribution in [1.29, 1.82) is 0 Å². The molecule has 0 unspecified atom stereocenters. The first-order valence-corrected chi connectivity index (χ1v) is 14.3. The number of carbonyl (C=O) groups excluding carboxylic acids is 1. The average molecular weight is 599 g/mol. The van der Waals surface area contributed by atoms with Gasteiger partial charge in [-0.25, -0.2) is 21.6 Å². The Hall–Kier alpha value is -2.42. The highest BCUT2D eigenvalue weighted by molar-refractivity contribution is 7.90. The van der Waals surface area contributed by atoms with Crippen LogP contribution < -0.4 is 26.2 Å². The summed E-state index contributed by atoms with van der Waals surface area (Å²) in [5, 5.41) is 3.28. The van der Waals surface area contributed by atoms with E-state index in [1.54, 1.807) is 6.92 Å². The second-order valence-corrected chi connectivity index (χ2v) is 11.4. The summed E-state index contributed by atoms with van der Waals surface area (Å²) in [5.41, 5.74) is 10.3. The molecule has 2 aromatic rings. The predicted molar refractivity (Wildman–Crippen MR) is 148 cm³/mol. The van der Waals surface area contributed by atoms with Crippen molar-refractivity contribution in [3.8, 4) is 11.5 Å². The van der Waals surface area contributed by atoms with Gasteiger partial charge in [0.05, 0.1) is 4.90 Å². The Labute approximate surface area is 230 Å². The minimum absolute atomic E-state index is 0. The molecular formula is C22H33Cl2N5O6S2. The van der Waals surface area contributed by atoms with E-state index in [2.05, 4.69) is 15.0 Å². The van der Waals surface area contributed by atoms with Gasteiger partial charge in [-0.3, -0.25) is 4.79 Å². The molecule has 0 spiro atoms. The van der Waals surface area contributed by atoms with Crippen molar-refractivity contribution < 1.29 is 26.4 Å². The number of piperidine rings is 1. The van der Waals surface area contributed by atoms with Crippen LogP contribution in [0, 0.1) is 0 Å². The maximum Gasteiger partial charge on any atom is 0.280 e. The van der Waals surface area contributed by atoms with Crippen molar-refractivity contribution in [2.24, 2.45) is 16.5 Å². The maximum absolute atomic E-state index is 12.1. The molecule has 1 amide bonds. The van der Waals surface area contributed by atoms with Gasteiger partial charge in [-0.2, -0.15) is 4.99 Å². The van der Waals surface area contributed by atoms with Gasteiger partial charge >= 0.3 is 0 Å². The number of aliphatic imine (C=N–C) groups is 1. The van der Waals surface area contributed by atoms with Crippen molar-refractivity contribution in [3.05, 3.63) is 48.0 Å². The Balaban J connectivity index is 0.00000142. The van der Waals surface area contributed by atoms with Crippen LogP contribution in [0.2, 0.25) is 0 Å². The van der Waals surface area contributed by atoms with Crippen LogP contribution in [0.25, 0.3) is 0 Å². The summed E-state index contributed by atoms with van der Waals surface area (Å²) in [7, 11) is -7.40. The SMILES string of the molecule is C1CCNCC1.CCNS(=O)(=O)c1ccc(Oc2ccc(C(=O)N=C(N)N)cc2S(C)(=O)=O)cc1.Cl.Cl. The molecule has 1 heterocycles. The quantitative estimate of drug-likeness (QED) is 0.274. The van der Waals surface area contributed by atoms with E-state index in [1.807, 2.05) is 0 Å². The van der Waals surface area contributed by atoms with E-state index in [1.165, 1.54) is 68.8 Å². The normalized spacial score (nSPS) is 13.0. The minimum atomic E-state index is -3.77. The number of carbonyl (C=O) groups is 1. The van der Waals surface area contributed by atoms with E-state index in [9.17, 15) is 21.6 Å². The molecule has 2 aromatic carbocycles. The number of nitrogens with zero attached hydrogens (tertiary/aromatic N) is 1. The van der Waals surface area contributed by atoms with Crippen LogP contribution >= 0.6 is 24.8 Å². The molecule has 208 valence electrons. The third-order valence-electron chi connectivity index (χ3n) is 4.72. The molecular weight excluding hydrogens is 565 g/mol. The summed E-state index contributed by atoms with van der Waals surface area (Å²) < 4.78 is 56.2. The Morgan fingerprint density at radius 2 is 1.59 bits per heavy atom. The Morgan fingerprint density at radius 1 is 1.00 bits per heavy atom. The summed E-state index contributed by atoms with van der Waals surface area (Å²) in [6.07, 6.45) is 5.17. The molecule has 1 saturated heterocycles. The molecule has 6 N–H and O–H groups in total. The highest BCUT2D eigenvalue weighted by atomic mass is 35.5. The van der Waals surface area contributed by atoms with E-state index in [-0.39, 0.29) is 58.2 Å². The van der Waals surface area contributed by atoms with Gasteiger partial charge in [0.25, 0.3) is 5.91 Å². The van der Waals surface area contributed by atoms with Gasteiger partial charge in [0.2, 0.25) is 10.0 Å². The molecule has 1 aliphatic heterocycles. The van der Waals surface area contributed by atoms with Crippen LogP contribution in [0.15, 0.2) is 57.2 Å². The number of hydrogen-bond acceptors (Lipinski definition) is 7. The number of amides is 1. The van der Waals surface area contributed by atoms with Crippen LogP contribution in [-0.4, -0.2) is 54.6 Å². The molecule has 0 radical (unpaired) electrons. The van der Waals surface area contributed by atoms with Crippen LogP contribution in [0.4, 0.5) is 0 Å². The van der Waals surface area contributed by atoms with E-state index in [0.717, 1.165) is 12.3 Å². The van der Waals surface area contributed by atoms with Gasteiger partial charge in [-0.05, 0) is 68.4 Å². The highest BCUT2D eigenvalue weighted by Gasteiger charge is 2.19. The van der Waals surface area contributed by atoms with E-state index >= 15 is 0 Å². The van der Waals surface area contributed by atoms with Crippen LogP contribution in [0.3, 0.4) is 0 Å². The molecule has 1 aliphatic rings. The molecule has 0 aromatic heterocycles. The van der Waals surface area contributed by atoms with Crippen molar-refractivity contribution in [3.63, 3.8) is 0 Å². The number of sulfonamides is 1. The van der Waals surface area contributed by atoms with Gasteiger partial charge in [0.15, 0.2) is 15.8 Å². The molecule has 15 heteroatoms. The summed E-state index contributed by atoms with van der Waals surface area (Å²) in [5.74, 6) is -1.10. The fourth-order valence-corrected chi connectivity index (χ4v) is 4.94. The molecule has 0 aliphatic carbocycles. The Morgan fingerprint density at radius 3 is 2.03 bits per heavy atom. The first-order chi connectivity index (χ1) is 16.4. The second-order valence-electron chi connectivity index (χ2n) is 7.66. The minimum Gasteiger partial charge on any atom is -0.456 e. The Kier molecular flexibility index (Phi) is 14.7. The van der Waals surface area contributed by atoms with E-state index < -0.39 is 31.7 Å². The molecule has 0 saturated carbocycles. The monoisotopic (exact) mass is 597 g/mol. The zero-order chi connectivity index (χ0) is 26.1. The maximum atomic E-state index is 12.1. The number of ether oxygens (including phenoxy) is 1. The first-order valence-electron chi connectivity index (χ1n) is 10.9. The predicted octanol–water partition coefficient (Wildman–Crippen LogP) is 2.20. The summed E-state index contributed by atoms with van der Waals surface area (Å²) in [6, 6.07) is 9.11.